The molecule has 2 aromatic rings. The van der Waals surface area contributed by atoms with Crippen molar-refractivity contribution in [3.63, 3.8) is 0 Å². The number of hydrogen-bond acceptors (Lipinski definition) is 3. The van der Waals surface area contributed by atoms with Crippen LogP contribution in [0.4, 0.5) is 13.2 Å². The highest BCUT2D eigenvalue weighted by Crippen LogP contribution is 2.33. The van der Waals surface area contributed by atoms with Crippen molar-refractivity contribution in [2.75, 3.05) is 0 Å². The average molecular weight is 335 g/mol. The number of rotatable bonds is 2. The highest BCUT2D eigenvalue weighted by atomic mass is 35.5. The van der Waals surface area contributed by atoms with Gasteiger partial charge in [-0.15, -0.1) is 0 Å². The minimum absolute atomic E-state index is 0.0384. The van der Waals surface area contributed by atoms with Gasteiger partial charge < -0.3 is 0 Å². The van der Waals surface area contributed by atoms with Crippen LogP contribution in [0.5, 0.6) is 0 Å². The zero-order valence-electron chi connectivity index (χ0n) is 10.5. The Kier molecular flexibility index (Phi) is 4.12. The van der Waals surface area contributed by atoms with Crippen molar-refractivity contribution in [2.45, 2.75) is 19.5 Å². The first-order chi connectivity index (χ1) is 9.79. The molecule has 0 radical (unpaired) electrons. The number of pyridine rings is 1. The van der Waals surface area contributed by atoms with Gasteiger partial charge in [0, 0.05) is 6.20 Å². The van der Waals surface area contributed by atoms with Gasteiger partial charge in [0.2, 0.25) is 0 Å². The van der Waals surface area contributed by atoms with Crippen molar-refractivity contribution in [2.24, 2.45) is 0 Å². The molecule has 2 rings (SSSR count). The number of halogens is 5. The number of alkyl halides is 3. The van der Waals surface area contributed by atoms with Gasteiger partial charge in [-0.3, -0.25) is 0 Å². The molecule has 0 aliphatic carbocycles. The summed E-state index contributed by atoms with van der Waals surface area (Å²) >= 11 is 11.8. The normalized spacial score (nSPS) is 11.5. The molecule has 21 heavy (non-hydrogen) atoms. The molecule has 0 aromatic carbocycles. The van der Waals surface area contributed by atoms with Gasteiger partial charge in [-0.25, -0.2) is 9.67 Å². The third-order valence-corrected chi connectivity index (χ3v) is 3.33. The van der Waals surface area contributed by atoms with Gasteiger partial charge in [-0.05, 0) is 12.5 Å². The summed E-state index contributed by atoms with van der Waals surface area (Å²) in [5.41, 5.74) is -0.409. The Bertz CT molecular complexity index is 731. The Morgan fingerprint density at radius 3 is 2.48 bits per heavy atom. The van der Waals surface area contributed by atoms with E-state index >= 15 is 0 Å². The number of nitriles is 1. The molecule has 0 saturated heterocycles. The van der Waals surface area contributed by atoms with E-state index in [0.29, 0.717) is 18.3 Å². The second-order valence-electron chi connectivity index (χ2n) is 4.02. The van der Waals surface area contributed by atoms with Crippen LogP contribution in [0.25, 0.3) is 5.82 Å². The number of aryl methyl sites for hydroxylation is 1. The summed E-state index contributed by atoms with van der Waals surface area (Å²) < 4.78 is 38.8. The predicted octanol–water partition coefficient (Wildman–Crippen LogP) is 4.03. The summed E-state index contributed by atoms with van der Waals surface area (Å²) in [4.78, 5) is 3.65. The molecule has 110 valence electrons. The van der Waals surface area contributed by atoms with Crippen LogP contribution in [0, 0.1) is 11.3 Å². The lowest BCUT2D eigenvalue weighted by atomic mass is 10.2. The van der Waals surface area contributed by atoms with Gasteiger partial charge in [0.25, 0.3) is 0 Å². The molecular weight excluding hydrogens is 328 g/mol. The van der Waals surface area contributed by atoms with Crippen molar-refractivity contribution in [1.29, 1.82) is 5.26 Å². The summed E-state index contributed by atoms with van der Waals surface area (Å²) in [6.07, 6.45) is -3.47. The molecule has 0 N–H and O–H groups in total. The lowest BCUT2D eigenvalue weighted by Gasteiger charge is -2.09. The lowest BCUT2D eigenvalue weighted by molar-refractivity contribution is -0.137. The SMILES string of the molecule is CCc1nn(-c2ncc(C(F)(F)F)cc2Cl)c(Cl)c1C#N. The number of hydrogen-bond donors (Lipinski definition) is 0. The van der Waals surface area contributed by atoms with E-state index in [9.17, 15) is 13.2 Å². The first-order valence-corrected chi connectivity index (χ1v) is 6.45. The Hall–Kier alpha value is -1.78. The van der Waals surface area contributed by atoms with Crippen LogP contribution in [0.3, 0.4) is 0 Å². The van der Waals surface area contributed by atoms with E-state index in [1.807, 2.05) is 6.07 Å². The summed E-state index contributed by atoms with van der Waals surface area (Å²) in [6.45, 7) is 1.77. The Labute approximate surface area is 127 Å². The zero-order chi connectivity index (χ0) is 15.8. The molecule has 9 heteroatoms. The fraction of sp³-hybridized carbons (Fsp3) is 0.250. The smallest absolute Gasteiger partial charge is 0.235 e. The highest BCUT2D eigenvalue weighted by molar-refractivity contribution is 6.33. The average Bonchev–Trinajstić information content (AvgIpc) is 2.73. The van der Waals surface area contributed by atoms with Crippen molar-refractivity contribution >= 4 is 23.2 Å². The van der Waals surface area contributed by atoms with Crippen LogP contribution in [0.15, 0.2) is 12.3 Å². The van der Waals surface area contributed by atoms with E-state index in [4.69, 9.17) is 28.5 Å². The Morgan fingerprint density at radius 1 is 1.38 bits per heavy atom. The van der Waals surface area contributed by atoms with Crippen LogP contribution in [0.2, 0.25) is 10.2 Å². The van der Waals surface area contributed by atoms with E-state index in [1.165, 1.54) is 0 Å². The summed E-state index contributed by atoms with van der Waals surface area (Å²) in [5.74, 6) is -0.0640. The Balaban J connectivity index is 2.59. The fourth-order valence-electron chi connectivity index (χ4n) is 1.68. The minimum Gasteiger partial charge on any atom is -0.235 e. The van der Waals surface area contributed by atoms with Gasteiger partial charge in [0.05, 0.1) is 16.3 Å². The maximum absolute atomic E-state index is 12.6. The third kappa shape index (κ3) is 2.82. The van der Waals surface area contributed by atoms with Gasteiger partial charge in [0.15, 0.2) is 11.0 Å². The fourth-order valence-corrected chi connectivity index (χ4v) is 2.20. The van der Waals surface area contributed by atoms with Gasteiger partial charge >= 0.3 is 6.18 Å². The molecule has 0 bridgehead atoms. The van der Waals surface area contributed by atoms with Crippen LogP contribution >= 0.6 is 23.2 Å². The molecule has 0 unspecified atom stereocenters. The summed E-state index contributed by atoms with van der Waals surface area (Å²) in [5, 5.41) is 12.8. The zero-order valence-corrected chi connectivity index (χ0v) is 12.1. The summed E-state index contributed by atoms with van der Waals surface area (Å²) in [6, 6.07) is 2.63. The molecule has 0 saturated carbocycles. The number of aromatic nitrogens is 3. The van der Waals surface area contributed by atoms with E-state index in [1.54, 1.807) is 6.92 Å². The molecule has 0 spiro atoms. The molecular formula is C12H7Cl2F3N4. The van der Waals surface area contributed by atoms with Crippen LogP contribution in [-0.2, 0) is 12.6 Å². The molecule has 0 atom stereocenters. The lowest BCUT2D eigenvalue weighted by Crippen LogP contribution is -2.08. The van der Waals surface area contributed by atoms with Crippen LogP contribution in [-0.4, -0.2) is 14.8 Å². The second kappa shape index (κ2) is 5.54. The first kappa shape index (κ1) is 15.6. The molecule has 0 aliphatic heterocycles. The maximum atomic E-state index is 12.6. The first-order valence-electron chi connectivity index (χ1n) is 5.70. The van der Waals surface area contributed by atoms with Crippen LogP contribution < -0.4 is 0 Å². The van der Waals surface area contributed by atoms with Crippen molar-refractivity contribution < 1.29 is 13.2 Å². The molecule has 0 fully saturated rings. The highest BCUT2D eigenvalue weighted by Gasteiger charge is 2.32. The third-order valence-electron chi connectivity index (χ3n) is 2.70. The quantitative estimate of drug-likeness (QED) is 0.833. The van der Waals surface area contributed by atoms with Crippen LogP contribution in [0.1, 0.15) is 23.7 Å². The molecule has 0 aliphatic rings. The number of nitrogens with zero attached hydrogens (tertiary/aromatic N) is 4. The van der Waals surface area contributed by atoms with Crippen molar-refractivity contribution in [1.82, 2.24) is 14.8 Å². The summed E-state index contributed by atoms with van der Waals surface area (Å²) in [7, 11) is 0. The Morgan fingerprint density at radius 2 is 2.05 bits per heavy atom. The maximum Gasteiger partial charge on any atom is 0.417 e. The molecule has 2 aromatic heterocycles. The van der Waals surface area contributed by atoms with Gasteiger partial charge in [-0.2, -0.15) is 23.5 Å². The van der Waals surface area contributed by atoms with E-state index in [-0.39, 0.29) is 21.6 Å². The minimum atomic E-state index is -4.55. The monoisotopic (exact) mass is 334 g/mol. The van der Waals surface area contributed by atoms with Crippen molar-refractivity contribution in [3.05, 3.63) is 39.3 Å². The van der Waals surface area contributed by atoms with Crippen molar-refractivity contribution in [3.8, 4) is 11.9 Å². The van der Waals surface area contributed by atoms with Gasteiger partial charge in [-0.1, -0.05) is 30.1 Å². The largest absolute Gasteiger partial charge is 0.417 e. The molecule has 0 amide bonds. The standard InChI is InChI=1S/C12H7Cl2F3N4/c1-2-9-7(4-18)10(14)21(20-9)11-8(13)3-6(5-19-11)12(15,16)17/h3,5H,2H2,1H3. The topological polar surface area (TPSA) is 54.5 Å². The predicted molar refractivity (Wildman–Crippen MR) is 70.5 cm³/mol. The molecule has 4 nitrogen and oxygen atoms in total. The van der Waals surface area contributed by atoms with E-state index in [0.717, 1.165) is 10.7 Å². The van der Waals surface area contributed by atoms with Gasteiger partial charge in [0.1, 0.15) is 11.6 Å². The molecule has 2 heterocycles. The van der Waals surface area contributed by atoms with E-state index in [2.05, 4.69) is 10.1 Å². The second-order valence-corrected chi connectivity index (χ2v) is 4.78. The van der Waals surface area contributed by atoms with E-state index < -0.39 is 11.7 Å².